The van der Waals surface area contributed by atoms with Crippen LogP contribution in [0.5, 0.6) is 0 Å². The average Bonchev–Trinajstić information content (AvgIpc) is 2.52. The molecule has 1 heterocycles. The first-order valence-corrected chi connectivity index (χ1v) is 7.27. The molecule has 2 unspecified atom stereocenters. The zero-order valence-corrected chi connectivity index (χ0v) is 12.5. The Balaban J connectivity index is 1.97. The summed E-state index contributed by atoms with van der Waals surface area (Å²) in [6.45, 7) is 2.50. The molecular formula is C16H19N3O3. The lowest BCUT2D eigenvalue weighted by Crippen LogP contribution is -2.43. The molecule has 6 nitrogen and oxygen atoms in total. The van der Waals surface area contributed by atoms with Crippen molar-refractivity contribution in [2.24, 2.45) is 5.73 Å². The molecule has 0 aliphatic carbocycles. The highest BCUT2D eigenvalue weighted by molar-refractivity contribution is 5.74. The van der Waals surface area contributed by atoms with Crippen molar-refractivity contribution in [3.05, 3.63) is 35.4 Å². The van der Waals surface area contributed by atoms with Gasteiger partial charge in [-0.3, -0.25) is 4.79 Å². The van der Waals surface area contributed by atoms with Crippen LogP contribution in [0.15, 0.2) is 24.3 Å². The summed E-state index contributed by atoms with van der Waals surface area (Å²) in [4.78, 5) is 24.6. The van der Waals surface area contributed by atoms with E-state index in [1.165, 1.54) is 0 Å². The van der Waals surface area contributed by atoms with Gasteiger partial charge >= 0.3 is 6.09 Å². The van der Waals surface area contributed by atoms with Gasteiger partial charge in [-0.2, -0.15) is 5.26 Å². The summed E-state index contributed by atoms with van der Waals surface area (Å²) < 4.78 is 5.36. The molecule has 116 valence electrons. The van der Waals surface area contributed by atoms with Gasteiger partial charge in [0.25, 0.3) is 0 Å². The van der Waals surface area contributed by atoms with Crippen LogP contribution in [-0.4, -0.2) is 29.5 Å². The summed E-state index contributed by atoms with van der Waals surface area (Å²) in [7, 11) is 0. The molecule has 2 rings (SSSR count). The van der Waals surface area contributed by atoms with Crippen LogP contribution >= 0.6 is 0 Å². The molecular weight excluding hydrogens is 282 g/mol. The zero-order chi connectivity index (χ0) is 16.1. The largest absolute Gasteiger partial charge is 0.446 e. The summed E-state index contributed by atoms with van der Waals surface area (Å²) in [6.07, 6.45) is 0.755. The Bertz CT molecular complexity index is 592. The van der Waals surface area contributed by atoms with Crippen LogP contribution in [0, 0.1) is 11.3 Å². The van der Waals surface area contributed by atoms with E-state index in [-0.39, 0.29) is 30.6 Å². The highest BCUT2D eigenvalue weighted by Gasteiger charge is 2.30. The van der Waals surface area contributed by atoms with Gasteiger partial charge in [-0.15, -0.1) is 0 Å². The van der Waals surface area contributed by atoms with Gasteiger partial charge in [0.15, 0.2) is 0 Å². The van der Waals surface area contributed by atoms with E-state index in [4.69, 9.17) is 15.7 Å². The third-order valence-electron chi connectivity index (χ3n) is 3.90. The fraction of sp³-hybridized carbons (Fsp3) is 0.438. The fourth-order valence-electron chi connectivity index (χ4n) is 2.52. The number of rotatable bonds is 5. The van der Waals surface area contributed by atoms with E-state index in [0.717, 1.165) is 5.56 Å². The van der Waals surface area contributed by atoms with Crippen LogP contribution in [0.2, 0.25) is 0 Å². The zero-order valence-electron chi connectivity index (χ0n) is 12.5. The molecule has 0 bridgehead atoms. The standard InChI is InChI=1S/C16H19N3O3/c1-11(13-4-2-12(10-17)3-5-13)19-9-8-14(22-16(19)21)6-7-15(18)20/h2-5,11,14H,6-9H2,1H3,(H2,18,20). The molecule has 1 fully saturated rings. The second-order valence-electron chi connectivity index (χ2n) is 5.40. The van der Waals surface area contributed by atoms with E-state index < -0.39 is 0 Å². The molecule has 0 aromatic heterocycles. The van der Waals surface area contributed by atoms with Crippen molar-refractivity contribution in [1.82, 2.24) is 4.90 Å². The number of primary amides is 1. The van der Waals surface area contributed by atoms with Crippen molar-refractivity contribution >= 4 is 12.0 Å². The van der Waals surface area contributed by atoms with Gasteiger partial charge in [0.1, 0.15) is 6.10 Å². The second kappa shape index (κ2) is 6.94. The van der Waals surface area contributed by atoms with Crippen molar-refractivity contribution < 1.29 is 14.3 Å². The summed E-state index contributed by atoms with van der Waals surface area (Å²) >= 11 is 0. The number of nitriles is 1. The average molecular weight is 301 g/mol. The van der Waals surface area contributed by atoms with Crippen molar-refractivity contribution in [1.29, 1.82) is 5.26 Å². The number of nitrogens with zero attached hydrogens (tertiary/aromatic N) is 2. The Morgan fingerprint density at radius 1 is 1.50 bits per heavy atom. The maximum absolute atomic E-state index is 12.1. The fourth-order valence-corrected chi connectivity index (χ4v) is 2.52. The van der Waals surface area contributed by atoms with E-state index in [1.807, 2.05) is 19.1 Å². The molecule has 1 aromatic carbocycles. The minimum Gasteiger partial charge on any atom is -0.446 e. The Kier molecular flexibility index (Phi) is 4.99. The van der Waals surface area contributed by atoms with E-state index in [2.05, 4.69) is 6.07 Å². The van der Waals surface area contributed by atoms with E-state index >= 15 is 0 Å². The minimum atomic E-state index is -0.385. The monoisotopic (exact) mass is 301 g/mol. The first-order chi connectivity index (χ1) is 10.5. The van der Waals surface area contributed by atoms with Gasteiger partial charge in [0, 0.05) is 19.4 Å². The normalized spacial score (nSPS) is 19.2. The summed E-state index contributed by atoms with van der Waals surface area (Å²) in [5, 5.41) is 8.81. The van der Waals surface area contributed by atoms with Gasteiger partial charge in [-0.1, -0.05) is 12.1 Å². The van der Waals surface area contributed by atoms with Gasteiger partial charge in [0.05, 0.1) is 17.7 Å². The first kappa shape index (κ1) is 15.8. The molecule has 1 saturated heterocycles. The highest BCUT2D eigenvalue weighted by atomic mass is 16.6. The number of cyclic esters (lactones) is 1. The SMILES string of the molecule is CC(c1ccc(C#N)cc1)N1CCC(CCC(N)=O)OC1=O. The smallest absolute Gasteiger partial charge is 0.410 e. The predicted octanol–water partition coefficient (Wildman–Crippen LogP) is 2.10. The third kappa shape index (κ3) is 3.76. The number of hydrogen-bond donors (Lipinski definition) is 1. The van der Waals surface area contributed by atoms with E-state index in [1.54, 1.807) is 17.0 Å². The summed E-state index contributed by atoms with van der Waals surface area (Å²) in [6, 6.07) is 9.09. The number of amides is 2. The van der Waals surface area contributed by atoms with E-state index in [0.29, 0.717) is 24.9 Å². The third-order valence-corrected chi connectivity index (χ3v) is 3.90. The number of nitrogens with two attached hydrogens (primary N) is 1. The van der Waals surface area contributed by atoms with Crippen LogP contribution < -0.4 is 5.73 Å². The molecule has 0 spiro atoms. The lowest BCUT2D eigenvalue weighted by molar-refractivity contribution is -0.118. The van der Waals surface area contributed by atoms with Crippen molar-refractivity contribution in [2.75, 3.05) is 6.54 Å². The number of carbonyl (C=O) groups excluding carboxylic acids is 2. The summed E-state index contributed by atoms with van der Waals surface area (Å²) in [5.41, 5.74) is 6.64. The lowest BCUT2D eigenvalue weighted by Gasteiger charge is -2.35. The Morgan fingerprint density at radius 3 is 2.73 bits per heavy atom. The number of hydrogen-bond acceptors (Lipinski definition) is 4. The second-order valence-corrected chi connectivity index (χ2v) is 5.40. The molecule has 22 heavy (non-hydrogen) atoms. The van der Waals surface area contributed by atoms with Gasteiger partial charge in [0.2, 0.25) is 5.91 Å². The molecule has 2 atom stereocenters. The molecule has 1 aromatic rings. The van der Waals surface area contributed by atoms with Crippen LogP contribution in [0.1, 0.15) is 43.4 Å². The number of ether oxygens (including phenoxy) is 1. The van der Waals surface area contributed by atoms with Gasteiger partial charge < -0.3 is 15.4 Å². The Labute approximate surface area is 129 Å². The molecule has 1 aliphatic heterocycles. The van der Waals surface area contributed by atoms with Crippen LogP contribution in [0.25, 0.3) is 0 Å². The van der Waals surface area contributed by atoms with Gasteiger partial charge in [-0.05, 0) is 31.0 Å². The molecule has 0 radical (unpaired) electrons. The maximum Gasteiger partial charge on any atom is 0.410 e. The number of benzene rings is 1. The minimum absolute atomic E-state index is 0.127. The number of carbonyl (C=O) groups is 2. The quantitative estimate of drug-likeness (QED) is 0.900. The highest BCUT2D eigenvalue weighted by Crippen LogP contribution is 2.26. The summed E-state index contributed by atoms with van der Waals surface area (Å²) in [5.74, 6) is -0.385. The molecule has 2 N–H and O–H groups in total. The van der Waals surface area contributed by atoms with Crippen LogP contribution in [0.3, 0.4) is 0 Å². The molecule has 0 saturated carbocycles. The lowest BCUT2D eigenvalue weighted by atomic mass is 10.0. The topological polar surface area (TPSA) is 96.4 Å². The van der Waals surface area contributed by atoms with Crippen molar-refractivity contribution in [3.8, 4) is 6.07 Å². The Hall–Kier alpha value is -2.55. The van der Waals surface area contributed by atoms with Crippen molar-refractivity contribution in [3.63, 3.8) is 0 Å². The van der Waals surface area contributed by atoms with E-state index in [9.17, 15) is 9.59 Å². The van der Waals surface area contributed by atoms with Crippen LogP contribution in [0.4, 0.5) is 4.79 Å². The van der Waals surface area contributed by atoms with Crippen molar-refractivity contribution in [2.45, 2.75) is 38.3 Å². The van der Waals surface area contributed by atoms with Gasteiger partial charge in [-0.25, -0.2) is 4.79 Å². The molecule has 2 amide bonds. The first-order valence-electron chi connectivity index (χ1n) is 7.27. The van der Waals surface area contributed by atoms with Crippen LogP contribution in [-0.2, 0) is 9.53 Å². The predicted molar refractivity (Wildman–Crippen MR) is 79.6 cm³/mol. The molecule has 1 aliphatic rings. The maximum atomic E-state index is 12.1. The molecule has 6 heteroatoms. The Morgan fingerprint density at radius 2 is 2.18 bits per heavy atom.